The summed E-state index contributed by atoms with van der Waals surface area (Å²) in [6.45, 7) is 0. The molecule has 6 aromatic carbocycles. The minimum atomic E-state index is 1.21. The van der Waals surface area contributed by atoms with Gasteiger partial charge in [-0.1, -0.05) is 89.8 Å². The van der Waals surface area contributed by atoms with E-state index in [1.807, 2.05) is 0 Å². The zero-order chi connectivity index (χ0) is 39.0. The molecule has 0 aliphatic heterocycles. The van der Waals surface area contributed by atoms with Gasteiger partial charge in [0.2, 0.25) is 0 Å². The largest absolute Gasteiger partial charge is 0.310 e. The molecule has 2 heterocycles. The van der Waals surface area contributed by atoms with Crippen LogP contribution in [0.15, 0.2) is 48.5 Å². The summed E-state index contributed by atoms with van der Waals surface area (Å²) in [5, 5.41) is 5.63. The third-order valence-corrected chi connectivity index (χ3v) is 14.6. The van der Waals surface area contributed by atoms with Crippen molar-refractivity contribution in [1.82, 2.24) is 9.13 Å². The zero-order valence-electron chi connectivity index (χ0n) is 35.5. The van der Waals surface area contributed by atoms with Crippen LogP contribution >= 0.6 is 0 Å². The summed E-state index contributed by atoms with van der Waals surface area (Å²) in [5.74, 6) is 0. The van der Waals surface area contributed by atoms with Crippen molar-refractivity contribution in [3.63, 3.8) is 0 Å². The molecule has 0 radical (unpaired) electrons. The first-order chi connectivity index (χ1) is 25.5. The third kappa shape index (κ3) is 4.83. The van der Waals surface area contributed by atoms with Crippen LogP contribution in [0.4, 0.5) is 0 Å². The molecule has 0 N–H and O–H groups in total. The van der Waals surface area contributed by atoms with Gasteiger partial charge in [-0.25, -0.2) is 0 Å². The first kappa shape index (κ1) is 36.9. The van der Waals surface area contributed by atoms with Gasteiger partial charge in [0.1, 0.15) is 126 Å². The quantitative estimate of drug-likeness (QED) is 0.165. The van der Waals surface area contributed by atoms with E-state index < -0.39 is 0 Å². The first-order valence-electron chi connectivity index (χ1n) is 19.7. The third-order valence-electron chi connectivity index (χ3n) is 14.6. The number of hydrogen-bond donors (Lipinski definition) is 0. The molecule has 0 aliphatic rings. The van der Waals surface area contributed by atoms with E-state index in [0.717, 1.165) is 0 Å². The lowest BCUT2D eigenvalue weighted by molar-refractivity contribution is 1.19. The van der Waals surface area contributed by atoms with Crippen LogP contribution in [0.1, 0.15) is 0 Å². The topological polar surface area (TPSA) is 9.86 Å². The van der Waals surface area contributed by atoms with Crippen molar-refractivity contribution in [2.75, 3.05) is 0 Å². The van der Waals surface area contributed by atoms with Crippen LogP contribution in [0.2, 0.25) is 0 Å². The highest BCUT2D eigenvalue weighted by Crippen LogP contribution is 2.31. The number of rotatable bonds is 3. The summed E-state index contributed by atoms with van der Waals surface area (Å²) >= 11 is 0. The lowest BCUT2D eigenvalue weighted by Crippen LogP contribution is -2.49. The maximum Gasteiger partial charge on any atom is 0.141 e. The van der Waals surface area contributed by atoms with Gasteiger partial charge >= 0.3 is 0 Å². The van der Waals surface area contributed by atoms with Crippen LogP contribution < -0.4 is 87.4 Å². The Balaban J connectivity index is 1.31. The Morgan fingerprint density at radius 1 is 0.222 bits per heavy atom. The molecular formula is C36H40B16N2. The molecule has 0 spiro atoms. The molecule has 0 saturated heterocycles. The summed E-state index contributed by atoms with van der Waals surface area (Å²) in [6, 6.07) is 18.6. The first-order valence-corrected chi connectivity index (χ1v) is 19.7. The summed E-state index contributed by atoms with van der Waals surface area (Å²) in [6.07, 6.45) is 0. The summed E-state index contributed by atoms with van der Waals surface area (Å²) in [5.41, 5.74) is 32.5. The van der Waals surface area contributed by atoms with Crippen molar-refractivity contribution in [2.45, 2.75) is 0 Å². The van der Waals surface area contributed by atoms with Gasteiger partial charge < -0.3 is 9.13 Å². The van der Waals surface area contributed by atoms with Crippen molar-refractivity contribution in [3.8, 4) is 22.5 Å². The molecule has 8 rings (SSSR count). The van der Waals surface area contributed by atoms with Gasteiger partial charge in [0.05, 0.1) is 0 Å². The van der Waals surface area contributed by atoms with E-state index >= 15 is 0 Å². The van der Waals surface area contributed by atoms with Crippen LogP contribution in [0, 0.1) is 0 Å². The van der Waals surface area contributed by atoms with Crippen LogP contribution in [-0.2, 0) is 0 Å². The SMILES string of the molecule is Bc1c(B)c(B)c2c(c1B)c1c(B)c(B)c(B)c(B)c1n2-c1ccc(-c2ccc(-n3c4c(B)c(B)c(B)c(B)c4c4c(B)c(B)c(B)c(B)c43)cc2)cc1. The van der Waals surface area contributed by atoms with Crippen molar-refractivity contribution in [3.05, 3.63) is 48.5 Å². The van der Waals surface area contributed by atoms with Gasteiger partial charge in [-0.05, 0) is 56.9 Å². The molecule has 0 aliphatic carbocycles. The lowest BCUT2D eigenvalue weighted by atomic mass is 9.63. The van der Waals surface area contributed by atoms with Gasteiger partial charge in [-0.2, -0.15) is 0 Å². The van der Waals surface area contributed by atoms with Gasteiger partial charge in [0.15, 0.2) is 0 Å². The molecule has 0 amide bonds. The summed E-state index contributed by atoms with van der Waals surface area (Å²) in [7, 11) is 36.8. The van der Waals surface area contributed by atoms with E-state index in [4.69, 9.17) is 0 Å². The Labute approximate surface area is 335 Å². The second-order valence-electron chi connectivity index (χ2n) is 16.7. The Morgan fingerprint density at radius 3 is 0.611 bits per heavy atom. The molecule has 2 aromatic heterocycles. The number of nitrogens with zero attached hydrogens (tertiary/aromatic N) is 2. The van der Waals surface area contributed by atoms with Crippen molar-refractivity contribution < 1.29 is 0 Å². The second kappa shape index (κ2) is 12.8. The second-order valence-corrected chi connectivity index (χ2v) is 16.7. The monoisotopic (exact) mass is 676 g/mol. The van der Waals surface area contributed by atoms with E-state index in [1.165, 1.54) is 154 Å². The van der Waals surface area contributed by atoms with Crippen LogP contribution in [-0.4, -0.2) is 135 Å². The molecular weight excluding hydrogens is 633 g/mol. The Morgan fingerprint density at radius 2 is 0.407 bits per heavy atom. The number of benzene rings is 6. The zero-order valence-corrected chi connectivity index (χ0v) is 35.5. The average Bonchev–Trinajstić information content (AvgIpc) is 3.73. The minimum Gasteiger partial charge on any atom is -0.310 e. The molecule has 242 valence electrons. The van der Waals surface area contributed by atoms with Gasteiger partial charge in [0, 0.05) is 33.4 Å². The molecule has 0 saturated carbocycles. The molecule has 0 fully saturated rings. The van der Waals surface area contributed by atoms with Crippen molar-refractivity contribution in [1.29, 1.82) is 0 Å². The fraction of sp³-hybridized carbons (Fsp3) is 0. The van der Waals surface area contributed by atoms with Crippen molar-refractivity contribution in [2.24, 2.45) is 0 Å². The fourth-order valence-corrected chi connectivity index (χ4v) is 9.86. The summed E-state index contributed by atoms with van der Waals surface area (Å²) in [4.78, 5) is 0. The minimum absolute atomic E-state index is 1.21. The molecule has 2 nitrogen and oxygen atoms in total. The molecule has 0 atom stereocenters. The smallest absolute Gasteiger partial charge is 0.141 e. The fourth-order valence-electron chi connectivity index (χ4n) is 9.86. The molecule has 0 bridgehead atoms. The highest BCUT2D eigenvalue weighted by Gasteiger charge is 2.25. The Bertz CT molecular complexity index is 2620. The van der Waals surface area contributed by atoms with E-state index in [-0.39, 0.29) is 0 Å². The number of fused-ring (bicyclic) bond motifs is 6. The highest BCUT2D eigenvalue weighted by atomic mass is 15.0. The molecule has 8 aromatic rings. The van der Waals surface area contributed by atoms with E-state index in [9.17, 15) is 0 Å². The van der Waals surface area contributed by atoms with Gasteiger partial charge in [-0.15, -0.1) is 21.9 Å². The Kier molecular flexibility index (Phi) is 8.72. The predicted molar refractivity (Wildman–Crippen MR) is 291 cm³/mol. The van der Waals surface area contributed by atoms with Gasteiger partial charge in [-0.3, -0.25) is 0 Å². The molecule has 0 unspecified atom stereocenters. The van der Waals surface area contributed by atoms with Crippen molar-refractivity contribution >= 4 is 257 Å². The Hall–Kier alpha value is -4.04. The standard InChI is InChI=1S/C36H40B16N2/c37-17-13-14-18(38)22(42)26(46)30(50)34(14)53(33(13)29(49)25(45)21(17)41)11-5-1-9(2-6-11)10-3-7-12(8-4-10)54-35-15(19(39)23(43)27(47)31(35)51)16-20(40)24(44)28(48)32(52)36(16)54/h1-8H,37-52H2. The molecule has 18 heteroatoms. The average molecular weight is 674 g/mol. The van der Waals surface area contributed by atoms with E-state index in [2.05, 4.69) is 183 Å². The van der Waals surface area contributed by atoms with E-state index in [0.29, 0.717) is 0 Å². The van der Waals surface area contributed by atoms with Gasteiger partial charge in [0.25, 0.3) is 0 Å². The normalized spacial score (nSPS) is 11.8. The lowest BCUT2D eigenvalue weighted by Gasteiger charge is -2.18. The van der Waals surface area contributed by atoms with Crippen LogP contribution in [0.3, 0.4) is 0 Å². The number of hydrogen-bond acceptors (Lipinski definition) is 0. The van der Waals surface area contributed by atoms with Crippen LogP contribution in [0.5, 0.6) is 0 Å². The predicted octanol–water partition coefficient (Wildman–Crippen LogP) is -18.3. The van der Waals surface area contributed by atoms with Crippen LogP contribution in [0.25, 0.3) is 66.1 Å². The molecule has 54 heavy (non-hydrogen) atoms. The highest BCUT2D eigenvalue weighted by molar-refractivity contribution is 6.73. The number of aromatic nitrogens is 2. The summed E-state index contributed by atoms with van der Waals surface area (Å²) < 4.78 is 5.12. The van der Waals surface area contributed by atoms with E-state index in [1.54, 1.807) is 0 Å². The maximum absolute atomic E-state index is 2.56. The maximum atomic E-state index is 2.56.